The van der Waals surface area contributed by atoms with Gasteiger partial charge in [0.2, 0.25) is 0 Å². The molecular formula is C18H46N2O4Si3. The Hall–Kier alpha value is 0.411. The van der Waals surface area contributed by atoms with Crippen LogP contribution in [0, 0.1) is 0 Å². The highest BCUT2D eigenvalue weighted by atomic mass is 28.5. The van der Waals surface area contributed by atoms with Gasteiger partial charge in [-0.25, -0.2) is 0 Å². The second-order valence-corrected chi connectivity index (χ2v) is 21.4. The number of nitrogens with one attached hydrogen (secondary N) is 2. The van der Waals surface area contributed by atoms with Crippen molar-refractivity contribution in [3.05, 3.63) is 0 Å². The van der Waals surface area contributed by atoms with Crippen molar-refractivity contribution < 1.29 is 17.7 Å². The van der Waals surface area contributed by atoms with Gasteiger partial charge in [-0.3, -0.25) is 10.6 Å². The first-order chi connectivity index (χ1) is 12.3. The van der Waals surface area contributed by atoms with Gasteiger partial charge in [-0.15, -0.1) is 0 Å². The van der Waals surface area contributed by atoms with Crippen LogP contribution in [0.1, 0.15) is 26.7 Å². The zero-order valence-corrected chi connectivity index (χ0v) is 22.5. The van der Waals surface area contributed by atoms with Gasteiger partial charge in [0.05, 0.1) is 0 Å². The topological polar surface area (TPSA) is 61.0 Å². The van der Waals surface area contributed by atoms with E-state index in [0.717, 1.165) is 38.1 Å². The van der Waals surface area contributed by atoms with Crippen LogP contribution in [-0.2, 0) is 17.7 Å². The van der Waals surface area contributed by atoms with Crippen LogP contribution in [0.5, 0.6) is 0 Å². The summed E-state index contributed by atoms with van der Waals surface area (Å²) in [6, 6.07) is 2.20. The molecule has 2 N–H and O–H groups in total. The van der Waals surface area contributed by atoms with Crippen molar-refractivity contribution in [2.45, 2.75) is 90.5 Å². The van der Waals surface area contributed by atoms with Crippen molar-refractivity contribution in [3.63, 3.8) is 0 Å². The van der Waals surface area contributed by atoms with Gasteiger partial charge in [-0.1, -0.05) is 0 Å². The summed E-state index contributed by atoms with van der Waals surface area (Å²) in [6.07, 6.45) is 2.29. The molecule has 27 heavy (non-hydrogen) atoms. The standard InChI is InChI=1S/C18H46N2O4Si3/c1-17(19-3)21-13-11-15-25(5,6)23-27(9,10)24-26(7,8)16-12-14-22-18(2)20-4/h17-20H,11-16H2,1-10H3. The molecule has 0 rings (SSSR count). The Balaban J connectivity index is 4.32. The largest absolute Gasteiger partial charge is 0.437 e. The minimum atomic E-state index is -2.13. The lowest BCUT2D eigenvalue weighted by Gasteiger charge is -2.39. The van der Waals surface area contributed by atoms with Crippen LogP contribution < -0.4 is 10.6 Å². The quantitative estimate of drug-likeness (QED) is 0.215. The third-order valence-corrected chi connectivity index (χ3v) is 15.9. The molecule has 0 radical (unpaired) electrons. The Morgan fingerprint density at radius 2 is 1.00 bits per heavy atom. The molecule has 0 saturated carbocycles. The monoisotopic (exact) mass is 438 g/mol. The molecule has 0 bridgehead atoms. The maximum Gasteiger partial charge on any atom is 0.311 e. The molecule has 164 valence electrons. The summed E-state index contributed by atoms with van der Waals surface area (Å²) in [5.41, 5.74) is 0. The first kappa shape index (κ1) is 27.4. The summed E-state index contributed by atoms with van der Waals surface area (Å²) < 4.78 is 24.7. The van der Waals surface area contributed by atoms with Crippen LogP contribution in [-0.4, -0.2) is 65.0 Å². The maximum absolute atomic E-state index is 6.63. The first-order valence-electron chi connectivity index (χ1n) is 10.3. The minimum Gasteiger partial charge on any atom is -0.437 e. The van der Waals surface area contributed by atoms with Crippen molar-refractivity contribution in [3.8, 4) is 0 Å². The Bertz CT molecular complexity index is 365. The third-order valence-electron chi connectivity index (χ3n) is 4.44. The molecule has 0 spiro atoms. The van der Waals surface area contributed by atoms with E-state index in [1.165, 1.54) is 0 Å². The second-order valence-electron chi connectivity index (χ2n) is 8.93. The molecule has 0 aromatic heterocycles. The van der Waals surface area contributed by atoms with Crippen LogP contribution >= 0.6 is 0 Å². The van der Waals surface area contributed by atoms with Gasteiger partial charge in [-0.2, -0.15) is 0 Å². The van der Waals surface area contributed by atoms with Gasteiger partial charge in [0, 0.05) is 13.2 Å². The average molecular weight is 439 g/mol. The average Bonchev–Trinajstić information content (AvgIpc) is 2.52. The van der Waals surface area contributed by atoms with Crippen LogP contribution in [0.3, 0.4) is 0 Å². The number of ether oxygens (including phenoxy) is 2. The molecule has 0 aromatic carbocycles. The number of rotatable bonds is 16. The van der Waals surface area contributed by atoms with E-state index < -0.39 is 25.2 Å². The van der Waals surface area contributed by atoms with Crippen molar-refractivity contribution >= 4 is 25.2 Å². The van der Waals surface area contributed by atoms with Crippen LogP contribution in [0.2, 0.25) is 51.4 Å². The summed E-state index contributed by atoms with van der Waals surface area (Å²) in [6.45, 7) is 19.2. The highest BCUT2D eigenvalue weighted by Crippen LogP contribution is 2.26. The molecule has 0 aliphatic carbocycles. The van der Waals surface area contributed by atoms with E-state index >= 15 is 0 Å². The van der Waals surface area contributed by atoms with E-state index in [1.807, 2.05) is 27.9 Å². The Morgan fingerprint density at radius 1 is 0.667 bits per heavy atom. The molecule has 0 heterocycles. The summed E-state index contributed by atoms with van der Waals surface area (Å²) in [4.78, 5) is 0. The van der Waals surface area contributed by atoms with Gasteiger partial charge in [0.1, 0.15) is 12.5 Å². The zero-order chi connectivity index (χ0) is 21.1. The predicted molar refractivity (Wildman–Crippen MR) is 122 cm³/mol. The lowest BCUT2D eigenvalue weighted by atomic mass is 10.5. The maximum atomic E-state index is 6.63. The molecule has 2 atom stereocenters. The molecule has 2 unspecified atom stereocenters. The van der Waals surface area contributed by atoms with Crippen LogP contribution in [0.25, 0.3) is 0 Å². The van der Waals surface area contributed by atoms with Gasteiger partial charge < -0.3 is 17.7 Å². The summed E-state index contributed by atoms with van der Waals surface area (Å²) >= 11 is 0. The molecule has 0 fully saturated rings. The molecular weight excluding hydrogens is 392 g/mol. The Labute approximate surface area is 171 Å². The lowest BCUT2D eigenvalue weighted by molar-refractivity contribution is 0.0483. The van der Waals surface area contributed by atoms with Crippen LogP contribution in [0.4, 0.5) is 0 Å². The van der Waals surface area contributed by atoms with Crippen molar-refractivity contribution in [1.29, 1.82) is 0 Å². The van der Waals surface area contributed by atoms with Gasteiger partial charge in [0.15, 0.2) is 16.6 Å². The van der Waals surface area contributed by atoms with Gasteiger partial charge >= 0.3 is 8.56 Å². The fourth-order valence-corrected chi connectivity index (χ4v) is 17.1. The lowest BCUT2D eigenvalue weighted by Crippen LogP contribution is -2.52. The predicted octanol–water partition coefficient (Wildman–Crippen LogP) is 4.08. The fraction of sp³-hybridized carbons (Fsp3) is 1.00. The normalized spacial score (nSPS) is 15.8. The highest BCUT2D eigenvalue weighted by Gasteiger charge is 2.39. The second kappa shape index (κ2) is 12.9. The van der Waals surface area contributed by atoms with E-state index in [4.69, 9.17) is 17.7 Å². The molecule has 6 nitrogen and oxygen atoms in total. The van der Waals surface area contributed by atoms with E-state index in [-0.39, 0.29) is 12.5 Å². The summed E-state index contributed by atoms with van der Waals surface area (Å²) in [7, 11) is -1.81. The number of hydrogen-bond acceptors (Lipinski definition) is 6. The molecule has 0 aliphatic heterocycles. The third kappa shape index (κ3) is 15.0. The van der Waals surface area contributed by atoms with E-state index in [2.05, 4.69) is 49.9 Å². The highest BCUT2D eigenvalue weighted by molar-refractivity contribution is 6.87. The first-order valence-corrected chi connectivity index (χ1v) is 19.4. The Morgan fingerprint density at radius 3 is 1.30 bits per heavy atom. The molecule has 0 aliphatic rings. The van der Waals surface area contributed by atoms with Gasteiger partial charge in [-0.05, 0) is 92.2 Å². The SMILES string of the molecule is CNC(C)OCCC[Si](C)(C)O[Si](C)(C)O[Si](C)(C)CCCOC(C)NC. The van der Waals surface area contributed by atoms with E-state index in [9.17, 15) is 0 Å². The van der Waals surface area contributed by atoms with E-state index in [0.29, 0.717) is 0 Å². The smallest absolute Gasteiger partial charge is 0.311 e. The molecule has 0 amide bonds. The van der Waals surface area contributed by atoms with Gasteiger partial charge in [0.25, 0.3) is 0 Å². The van der Waals surface area contributed by atoms with Crippen molar-refractivity contribution in [1.82, 2.24) is 10.6 Å². The molecule has 9 heteroatoms. The number of hydrogen-bond donors (Lipinski definition) is 2. The van der Waals surface area contributed by atoms with Crippen molar-refractivity contribution in [2.24, 2.45) is 0 Å². The van der Waals surface area contributed by atoms with Crippen molar-refractivity contribution in [2.75, 3.05) is 27.3 Å². The minimum absolute atomic E-state index is 0.108. The Kier molecular flexibility index (Phi) is 13.1. The van der Waals surface area contributed by atoms with Crippen LogP contribution in [0.15, 0.2) is 0 Å². The zero-order valence-electron chi connectivity index (χ0n) is 19.5. The summed E-state index contributed by atoms with van der Waals surface area (Å²) in [5, 5.41) is 6.19. The van der Waals surface area contributed by atoms with E-state index in [1.54, 1.807) is 0 Å². The molecule has 0 aromatic rings. The molecule has 0 saturated heterocycles. The summed E-state index contributed by atoms with van der Waals surface area (Å²) in [5.74, 6) is 0. The fourth-order valence-electron chi connectivity index (χ4n) is 3.14.